The minimum absolute atomic E-state index is 0.260. The highest BCUT2D eigenvalue weighted by Crippen LogP contribution is 2.11. The summed E-state index contributed by atoms with van der Waals surface area (Å²) in [4.78, 5) is 22.8. The summed E-state index contributed by atoms with van der Waals surface area (Å²) >= 11 is 0. The molecule has 0 aromatic heterocycles. The Balaban J connectivity index is 3.87. The molecule has 0 aliphatic heterocycles. The van der Waals surface area contributed by atoms with Crippen molar-refractivity contribution in [1.82, 2.24) is 0 Å². The Kier molecular flexibility index (Phi) is 15.6. The predicted molar refractivity (Wildman–Crippen MR) is 114 cm³/mol. The standard InChI is InChI=1S/C23H43NO5/c1-5-6-7-9-12-15-20(25)16-13-10-8-11-14-17-23(28)29-21(18-22(26)27)19-24(2,3)4/h10,13,20-21,25H,5-9,11-12,14-19H2,1-4H3/b13-10+. The van der Waals surface area contributed by atoms with Gasteiger partial charge >= 0.3 is 5.97 Å². The van der Waals surface area contributed by atoms with E-state index in [1.165, 1.54) is 25.7 Å². The van der Waals surface area contributed by atoms with Crippen molar-refractivity contribution in [1.29, 1.82) is 0 Å². The molecule has 0 saturated carbocycles. The van der Waals surface area contributed by atoms with Crippen LogP contribution in [0.2, 0.25) is 0 Å². The van der Waals surface area contributed by atoms with Crippen molar-refractivity contribution in [2.75, 3.05) is 27.7 Å². The molecule has 0 fully saturated rings. The van der Waals surface area contributed by atoms with E-state index in [4.69, 9.17) is 4.74 Å². The first kappa shape index (κ1) is 27.6. The van der Waals surface area contributed by atoms with E-state index in [9.17, 15) is 19.8 Å². The summed E-state index contributed by atoms with van der Waals surface area (Å²) in [6.45, 7) is 2.63. The van der Waals surface area contributed by atoms with E-state index < -0.39 is 12.1 Å². The van der Waals surface area contributed by atoms with Crippen LogP contribution < -0.4 is 5.11 Å². The van der Waals surface area contributed by atoms with Crippen LogP contribution in [0.1, 0.15) is 84.0 Å². The fraction of sp³-hybridized carbons (Fsp3) is 0.826. The summed E-state index contributed by atoms with van der Waals surface area (Å²) in [7, 11) is 5.77. The molecule has 6 nitrogen and oxygen atoms in total. The quantitative estimate of drug-likeness (QED) is 0.162. The largest absolute Gasteiger partial charge is 0.550 e. The highest BCUT2D eigenvalue weighted by Gasteiger charge is 2.22. The van der Waals surface area contributed by atoms with Gasteiger partial charge in [0, 0.05) is 18.8 Å². The van der Waals surface area contributed by atoms with E-state index in [1.54, 1.807) is 0 Å². The molecule has 29 heavy (non-hydrogen) atoms. The van der Waals surface area contributed by atoms with Crippen LogP contribution in [0.25, 0.3) is 0 Å². The number of aliphatic hydroxyl groups is 1. The smallest absolute Gasteiger partial charge is 0.306 e. The summed E-state index contributed by atoms with van der Waals surface area (Å²) in [5.74, 6) is -1.56. The molecule has 0 saturated heterocycles. The molecular formula is C23H43NO5. The Morgan fingerprint density at radius 1 is 1.03 bits per heavy atom. The number of allylic oxidation sites excluding steroid dienone is 1. The molecule has 0 aliphatic carbocycles. The Morgan fingerprint density at radius 2 is 1.72 bits per heavy atom. The Labute approximate surface area is 177 Å². The van der Waals surface area contributed by atoms with Crippen LogP contribution in [0.4, 0.5) is 0 Å². The van der Waals surface area contributed by atoms with Crippen LogP contribution in [0.15, 0.2) is 12.2 Å². The summed E-state index contributed by atoms with van der Waals surface area (Å²) in [6.07, 6.45) is 13.2. The van der Waals surface area contributed by atoms with E-state index in [-0.39, 0.29) is 24.9 Å². The van der Waals surface area contributed by atoms with Crippen LogP contribution in [0.3, 0.4) is 0 Å². The normalized spacial score (nSPS) is 14.1. The Morgan fingerprint density at radius 3 is 2.34 bits per heavy atom. The predicted octanol–water partition coefficient (Wildman–Crippen LogP) is 2.97. The first-order valence-corrected chi connectivity index (χ1v) is 11.2. The molecule has 0 aromatic carbocycles. The lowest BCUT2D eigenvalue weighted by molar-refractivity contribution is -0.873. The first-order chi connectivity index (χ1) is 13.6. The van der Waals surface area contributed by atoms with Crippen molar-refractivity contribution in [2.24, 2.45) is 0 Å². The van der Waals surface area contributed by atoms with Crippen LogP contribution in [-0.4, -0.2) is 61.4 Å². The molecule has 6 heteroatoms. The number of rotatable bonds is 18. The van der Waals surface area contributed by atoms with Gasteiger partial charge in [-0.05, 0) is 32.1 Å². The third kappa shape index (κ3) is 19.7. The van der Waals surface area contributed by atoms with Gasteiger partial charge < -0.3 is 24.2 Å². The molecular weight excluding hydrogens is 370 g/mol. The summed E-state index contributed by atoms with van der Waals surface area (Å²) in [6, 6.07) is 0. The molecule has 0 radical (unpaired) electrons. The topological polar surface area (TPSA) is 86.7 Å². The van der Waals surface area contributed by atoms with Gasteiger partial charge in [-0.3, -0.25) is 4.79 Å². The van der Waals surface area contributed by atoms with Gasteiger partial charge in [0.2, 0.25) is 0 Å². The zero-order chi connectivity index (χ0) is 22.1. The van der Waals surface area contributed by atoms with E-state index in [0.717, 1.165) is 25.7 Å². The van der Waals surface area contributed by atoms with Gasteiger partial charge in [0.1, 0.15) is 6.54 Å². The second-order valence-electron chi connectivity index (χ2n) is 8.97. The lowest BCUT2D eigenvalue weighted by Crippen LogP contribution is -2.45. The zero-order valence-corrected chi connectivity index (χ0v) is 19.0. The Hall–Kier alpha value is -1.40. The number of quaternary nitrogens is 1. The van der Waals surface area contributed by atoms with Gasteiger partial charge in [-0.15, -0.1) is 0 Å². The second kappa shape index (κ2) is 16.4. The lowest BCUT2D eigenvalue weighted by Gasteiger charge is -2.29. The molecule has 0 spiro atoms. The number of aliphatic hydroxyl groups excluding tert-OH is 1. The van der Waals surface area contributed by atoms with E-state index in [2.05, 4.69) is 13.0 Å². The second-order valence-corrected chi connectivity index (χ2v) is 8.97. The van der Waals surface area contributed by atoms with E-state index in [0.29, 0.717) is 23.9 Å². The van der Waals surface area contributed by atoms with Crippen molar-refractivity contribution in [3.05, 3.63) is 12.2 Å². The summed E-state index contributed by atoms with van der Waals surface area (Å²) in [5.41, 5.74) is 0. The number of nitrogens with zero attached hydrogens (tertiary/aromatic N) is 1. The maximum atomic E-state index is 12.0. The highest BCUT2D eigenvalue weighted by molar-refractivity contribution is 5.70. The van der Waals surface area contributed by atoms with Gasteiger partial charge in [0.25, 0.3) is 0 Å². The minimum Gasteiger partial charge on any atom is -0.550 e. The average Bonchev–Trinajstić information content (AvgIpc) is 2.58. The van der Waals surface area contributed by atoms with Crippen LogP contribution in [0, 0.1) is 0 Å². The molecule has 170 valence electrons. The van der Waals surface area contributed by atoms with Gasteiger partial charge in [-0.1, -0.05) is 51.2 Å². The number of likely N-dealkylation sites (N-methyl/N-ethyl adjacent to an activating group) is 1. The molecule has 0 amide bonds. The van der Waals surface area contributed by atoms with Crippen LogP contribution in [0.5, 0.6) is 0 Å². The van der Waals surface area contributed by atoms with Gasteiger partial charge in [-0.25, -0.2) is 0 Å². The molecule has 0 bridgehead atoms. The first-order valence-electron chi connectivity index (χ1n) is 11.2. The van der Waals surface area contributed by atoms with Gasteiger partial charge in [0.15, 0.2) is 6.10 Å². The molecule has 0 heterocycles. The number of carbonyl (C=O) groups excluding carboxylic acids is 2. The van der Waals surface area contributed by atoms with Gasteiger partial charge in [0.05, 0.1) is 27.2 Å². The summed E-state index contributed by atoms with van der Waals surface area (Å²) < 4.78 is 5.85. The number of hydrogen-bond donors (Lipinski definition) is 1. The fourth-order valence-corrected chi connectivity index (χ4v) is 3.19. The molecule has 1 N–H and O–H groups in total. The molecule has 2 unspecified atom stereocenters. The SMILES string of the molecule is CCCCCCCC(O)C/C=C/CCCCC(=O)OC(CC(=O)[O-])C[N+](C)(C)C. The molecule has 0 aliphatic rings. The third-order valence-electron chi connectivity index (χ3n) is 4.66. The number of aliphatic carboxylic acids is 1. The van der Waals surface area contributed by atoms with Crippen molar-refractivity contribution in [3.8, 4) is 0 Å². The minimum atomic E-state index is -1.20. The lowest BCUT2D eigenvalue weighted by atomic mass is 10.1. The molecule has 0 aromatic rings. The van der Waals surface area contributed by atoms with Crippen molar-refractivity contribution >= 4 is 11.9 Å². The van der Waals surface area contributed by atoms with Crippen LogP contribution in [-0.2, 0) is 14.3 Å². The number of carbonyl (C=O) groups is 2. The van der Waals surface area contributed by atoms with Gasteiger partial charge in [-0.2, -0.15) is 0 Å². The van der Waals surface area contributed by atoms with Crippen molar-refractivity contribution < 1.29 is 29.0 Å². The van der Waals surface area contributed by atoms with E-state index >= 15 is 0 Å². The number of hydrogen-bond acceptors (Lipinski definition) is 5. The number of unbranched alkanes of at least 4 members (excludes halogenated alkanes) is 6. The maximum absolute atomic E-state index is 12.0. The monoisotopic (exact) mass is 413 g/mol. The van der Waals surface area contributed by atoms with Crippen LogP contribution >= 0.6 is 0 Å². The highest BCUT2D eigenvalue weighted by atomic mass is 16.5. The zero-order valence-electron chi connectivity index (χ0n) is 19.0. The average molecular weight is 414 g/mol. The number of carboxylic acid groups (broad SMARTS) is 1. The number of carboxylic acids is 1. The third-order valence-corrected chi connectivity index (χ3v) is 4.66. The van der Waals surface area contributed by atoms with Crippen molar-refractivity contribution in [3.63, 3.8) is 0 Å². The number of esters is 1. The fourth-order valence-electron chi connectivity index (χ4n) is 3.19. The maximum Gasteiger partial charge on any atom is 0.306 e. The summed E-state index contributed by atoms with van der Waals surface area (Å²) in [5, 5.41) is 20.8. The molecule has 0 rings (SSSR count). The number of ether oxygens (including phenoxy) is 1. The Bertz CT molecular complexity index is 470. The van der Waals surface area contributed by atoms with Crippen molar-refractivity contribution in [2.45, 2.75) is 96.2 Å². The molecule has 2 atom stereocenters. The van der Waals surface area contributed by atoms with E-state index in [1.807, 2.05) is 27.2 Å².